The number of hydrogen-bond donors (Lipinski definition) is 1. The number of aromatic nitrogens is 3. The zero-order valence-electron chi connectivity index (χ0n) is 11.5. The van der Waals surface area contributed by atoms with E-state index in [0.29, 0.717) is 6.04 Å². The van der Waals surface area contributed by atoms with Gasteiger partial charge in [-0.2, -0.15) is 5.10 Å². The van der Waals surface area contributed by atoms with Crippen molar-refractivity contribution in [2.24, 2.45) is 0 Å². The van der Waals surface area contributed by atoms with E-state index in [4.69, 9.17) is 0 Å². The Balaban J connectivity index is 1.85. The highest BCUT2D eigenvalue weighted by molar-refractivity contribution is 5.36. The Hall–Kier alpha value is -2.20. The van der Waals surface area contributed by atoms with Gasteiger partial charge in [-0.3, -0.25) is 0 Å². The second kappa shape index (κ2) is 5.84. The molecule has 20 heavy (non-hydrogen) atoms. The van der Waals surface area contributed by atoms with Gasteiger partial charge < -0.3 is 5.32 Å². The Morgan fingerprint density at radius 3 is 2.80 bits per heavy atom. The summed E-state index contributed by atoms with van der Waals surface area (Å²) in [5.41, 5.74) is 3.27. The molecule has 0 amide bonds. The summed E-state index contributed by atoms with van der Waals surface area (Å²) in [6.45, 7) is 3.07. The van der Waals surface area contributed by atoms with Gasteiger partial charge in [0.05, 0.1) is 6.20 Å². The first-order valence-corrected chi connectivity index (χ1v) is 6.94. The Morgan fingerprint density at radius 2 is 2.00 bits per heavy atom. The first-order chi connectivity index (χ1) is 9.86. The molecule has 1 atom stereocenters. The SMILES string of the molecule is CCNC(Cc1ccn2nccc2n1)c1ccccc1. The molecule has 0 saturated heterocycles. The van der Waals surface area contributed by atoms with Gasteiger partial charge in [0.1, 0.15) is 0 Å². The lowest BCUT2D eigenvalue weighted by Gasteiger charge is -2.18. The number of hydrogen-bond acceptors (Lipinski definition) is 3. The average molecular weight is 266 g/mol. The van der Waals surface area contributed by atoms with Gasteiger partial charge in [0.25, 0.3) is 0 Å². The third-order valence-electron chi connectivity index (χ3n) is 3.38. The molecule has 3 rings (SSSR count). The van der Waals surface area contributed by atoms with Gasteiger partial charge in [-0.15, -0.1) is 0 Å². The predicted molar refractivity (Wildman–Crippen MR) is 79.6 cm³/mol. The van der Waals surface area contributed by atoms with Crippen LogP contribution in [-0.4, -0.2) is 21.1 Å². The Morgan fingerprint density at radius 1 is 1.15 bits per heavy atom. The molecule has 4 nitrogen and oxygen atoms in total. The van der Waals surface area contributed by atoms with E-state index in [2.05, 4.69) is 46.6 Å². The molecule has 1 unspecified atom stereocenters. The fourth-order valence-electron chi connectivity index (χ4n) is 2.41. The predicted octanol–water partition coefficient (Wildman–Crippen LogP) is 2.62. The van der Waals surface area contributed by atoms with Crippen molar-refractivity contribution in [3.05, 3.63) is 66.1 Å². The molecule has 2 aromatic heterocycles. The summed E-state index contributed by atoms with van der Waals surface area (Å²) in [6.07, 6.45) is 4.61. The third-order valence-corrected chi connectivity index (χ3v) is 3.38. The molecule has 0 aliphatic carbocycles. The number of benzene rings is 1. The van der Waals surface area contributed by atoms with Crippen LogP contribution in [0.1, 0.15) is 24.2 Å². The highest BCUT2D eigenvalue weighted by Crippen LogP contribution is 2.17. The van der Waals surface area contributed by atoms with Crippen molar-refractivity contribution in [1.29, 1.82) is 0 Å². The van der Waals surface area contributed by atoms with E-state index >= 15 is 0 Å². The van der Waals surface area contributed by atoms with Crippen LogP contribution in [0, 0.1) is 0 Å². The van der Waals surface area contributed by atoms with Crippen LogP contribution in [0.5, 0.6) is 0 Å². The van der Waals surface area contributed by atoms with E-state index in [9.17, 15) is 0 Å². The number of fused-ring (bicyclic) bond motifs is 1. The molecule has 0 aliphatic rings. The van der Waals surface area contributed by atoms with Crippen molar-refractivity contribution < 1.29 is 0 Å². The van der Waals surface area contributed by atoms with E-state index in [1.54, 1.807) is 10.7 Å². The fraction of sp³-hybridized carbons (Fsp3) is 0.250. The number of likely N-dealkylation sites (N-methyl/N-ethyl adjacent to an activating group) is 1. The Bertz CT molecular complexity index is 675. The lowest BCUT2D eigenvalue weighted by Crippen LogP contribution is -2.23. The van der Waals surface area contributed by atoms with Gasteiger partial charge >= 0.3 is 0 Å². The van der Waals surface area contributed by atoms with Crippen molar-refractivity contribution in [1.82, 2.24) is 19.9 Å². The van der Waals surface area contributed by atoms with Crippen molar-refractivity contribution in [3.63, 3.8) is 0 Å². The van der Waals surface area contributed by atoms with E-state index in [0.717, 1.165) is 24.3 Å². The van der Waals surface area contributed by atoms with Crippen molar-refractivity contribution >= 4 is 5.65 Å². The topological polar surface area (TPSA) is 42.2 Å². The fourth-order valence-corrected chi connectivity index (χ4v) is 2.41. The molecule has 1 aromatic carbocycles. The van der Waals surface area contributed by atoms with Gasteiger partial charge in [0, 0.05) is 30.4 Å². The highest BCUT2D eigenvalue weighted by atomic mass is 15.2. The lowest BCUT2D eigenvalue weighted by molar-refractivity contribution is 0.544. The van der Waals surface area contributed by atoms with Gasteiger partial charge in [-0.05, 0) is 18.2 Å². The second-order valence-corrected chi connectivity index (χ2v) is 4.78. The second-order valence-electron chi connectivity index (χ2n) is 4.78. The van der Waals surface area contributed by atoms with Crippen LogP contribution in [0.3, 0.4) is 0 Å². The molecule has 3 aromatic rings. The zero-order chi connectivity index (χ0) is 13.8. The maximum atomic E-state index is 4.64. The largest absolute Gasteiger partial charge is 0.310 e. The summed E-state index contributed by atoms with van der Waals surface area (Å²) >= 11 is 0. The summed E-state index contributed by atoms with van der Waals surface area (Å²) in [5, 5.41) is 7.70. The Kier molecular flexibility index (Phi) is 3.74. The zero-order valence-corrected chi connectivity index (χ0v) is 11.5. The lowest BCUT2D eigenvalue weighted by atomic mass is 10.0. The standard InChI is InChI=1S/C16H18N4/c1-2-17-15(13-6-4-3-5-7-13)12-14-9-11-20-16(19-14)8-10-18-20/h3-11,15,17H,2,12H2,1H3. The summed E-state index contributed by atoms with van der Waals surface area (Å²) in [5.74, 6) is 0. The first-order valence-electron chi connectivity index (χ1n) is 6.94. The number of nitrogens with one attached hydrogen (secondary N) is 1. The number of nitrogens with zero attached hydrogens (tertiary/aromatic N) is 3. The molecule has 0 fully saturated rings. The molecule has 0 saturated carbocycles. The molecule has 0 aliphatic heterocycles. The van der Waals surface area contributed by atoms with Crippen LogP contribution in [0.4, 0.5) is 0 Å². The van der Waals surface area contributed by atoms with Gasteiger partial charge in [-0.25, -0.2) is 9.50 Å². The van der Waals surface area contributed by atoms with Crippen molar-refractivity contribution in [2.75, 3.05) is 6.54 Å². The van der Waals surface area contributed by atoms with Crippen LogP contribution >= 0.6 is 0 Å². The molecule has 0 spiro atoms. The average Bonchev–Trinajstić information content (AvgIpc) is 2.95. The van der Waals surface area contributed by atoms with Gasteiger partial charge in [0.2, 0.25) is 0 Å². The monoisotopic (exact) mass is 266 g/mol. The number of rotatable bonds is 5. The Labute approximate surface area is 118 Å². The molecule has 0 bridgehead atoms. The minimum Gasteiger partial charge on any atom is -0.310 e. The summed E-state index contributed by atoms with van der Waals surface area (Å²) in [7, 11) is 0. The van der Waals surface area contributed by atoms with Gasteiger partial charge in [0.15, 0.2) is 5.65 Å². The smallest absolute Gasteiger partial charge is 0.155 e. The van der Waals surface area contributed by atoms with Crippen LogP contribution in [0.15, 0.2) is 54.9 Å². The highest BCUT2D eigenvalue weighted by Gasteiger charge is 2.12. The third kappa shape index (κ3) is 2.70. The summed E-state index contributed by atoms with van der Waals surface area (Å²) < 4.78 is 1.79. The van der Waals surface area contributed by atoms with E-state index in [1.165, 1.54) is 5.56 Å². The molecule has 1 N–H and O–H groups in total. The summed E-state index contributed by atoms with van der Waals surface area (Å²) in [6, 6.07) is 14.8. The molecular formula is C16H18N4. The molecule has 4 heteroatoms. The van der Waals surface area contributed by atoms with E-state index in [1.807, 2.05) is 24.4 Å². The molecular weight excluding hydrogens is 248 g/mol. The molecule has 102 valence electrons. The van der Waals surface area contributed by atoms with Crippen molar-refractivity contribution in [2.45, 2.75) is 19.4 Å². The minimum absolute atomic E-state index is 0.291. The van der Waals surface area contributed by atoms with Crippen LogP contribution in [-0.2, 0) is 6.42 Å². The molecule has 0 radical (unpaired) electrons. The van der Waals surface area contributed by atoms with E-state index in [-0.39, 0.29) is 0 Å². The van der Waals surface area contributed by atoms with Crippen molar-refractivity contribution in [3.8, 4) is 0 Å². The molecule has 2 heterocycles. The van der Waals surface area contributed by atoms with Crippen LogP contribution < -0.4 is 5.32 Å². The minimum atomic E-state index is 0.291. The normalized spacial score (nSPS) is 12.7. The van der Waals surface area contributed by atoms with Crippen LogP contribution in [0.2, 0.25) is 0 Å². The van der Waals surface area contributed by atoms with Gasteiger partial charge in [-0.1, -0.05) is 37.3 Å². The maximum absolute atomic E-state index is 4.64. The maximum Gasteiger partial charge on any atom is 0.155 e. The van der Waals surface area contributed by atoms with Crippen LogP contribution in [0.25, 0.3) is 5.65 Å². The quantitative estimate of drug-likeness (QED) is 0.772. The summed E-state index contributed by atoms with van der Waals surface area (Å²) in [4.78, 5) is 4.64. The first kappa shape index (κ1) is 12.8. The van der Waals surface area contributed by atoms with E-state index < -0.39 is 0 Å².